The van der Waals surface area contributed by atoms with Crippen LogP contribution >= 0.6 is 12.4 Å². The third-order valence-corrected chi connectivity index (χ3v) is 2.63. The maximum absolute atomic E-state index is 5.47. The van der Waals surface area contributed by atoms with Gasteiger partial charge in [-0.15, -0.1) is 12.4 Å². The van der Waals surface area contributed by atoms with Gasteiger partial charge in [0.2, 0.25) is 0 Å². The molecule has 1 aromatic carbocycles. The molecule has 0 aliphatic rings. The molecule has 0 spiro atoms. The molecule has 2 aromatic rings. The first kappa shape index (κ1) is 14.5. The van der Waals surface area contributed by atoms with Crippen LogP contribution in [0.2, 0.25) is 0 Å². The summed E-state index contributed by atoms with van der Waals surface area (Å²) in [6.45, 7) is 1.55. The van der Waals surface area contributed by atoms with Gasteiger partial charge in [0.05, 0.1) is 13.3 Å². The molecule has 0 aliphatic heterocycles. The summed E-state index contributed by atoms with van der Waals surface area (Å²) in [7, 11) is 1.67. The first-order valence-electron chi connectivity index (χ1n) is 5.70. The van der Waals surface area contributed by atoms with E-state index in [1.165, 1.54) is 0 Å². The highest BCUT2D eigenvalue weighted by Crippen LogP contribution is 2.23. The summed E-state index contributed by atoms with van der Waals surface area (Å²) in [6.07, 6.45) is 4.84. The van der Waals surface area contributed by atoms with E-state index < -0.39 is 0 Å². The van der Waals surface area contributed by atoms with Crippen molar-refractivity contribution in [3.05, 3.63) is 36.7 Å². The number of halogens is 1. The number of aromatic nitrogens is 2. The highest BCUT2D eigenvalue weighted by atomic mass is 35.5. The SMILES string of the molecule is COc1cccc(-c2cnn(CCCN)c2)c1.Cl. The minimum Gasteiger partial charge on any atom is -0.497 e. The molecule has 1 aromatic heterocycles. The summed E-state index contributed by atoms with van der Waals surface area (Å²) >= 11 is 0. The van der Waals surface area contributed by atoms with Crippen LogP contribution in [-0.4, -0.2) is 23.4 Å². The molecular formula is C13H18ClN3O. The maximum atomic E-state index is 5.47. The maximum Gasteiger partial charge on any atom is 0.119 e. The zero-order chi connectivity index (χ0) is 12.1. The lowest BCUT2D eigenvalue weighted by molar-refractivity contribution is 0.415. The first-order chi connectivity index (χ1) is 8.33. The van der Waals surface area contributed by atoms with E-state index in [-0.39, 0.29) is 12.4 Å². The largest absolute Gasteiger partial charge is 0.497 e. The van der Waals surface area contributed by atoms with Gasteiger partial charge in [-0.25, -0.2) is 0 Å². The average Bonchev–Trinajstić information content (AvgIpc) is 2.85. The van der Waals surface area contributed by atoms with E-state index in [0.29, 0.717) is 6.54 Å². The van der Waals surface area contributed by atoms with E-state index in [4.69, 9.17) is 10.5 Å². The van der Waals surface area contributed by atoms with Gasteiger partial charge in [0, 0.05) is 18.3 Å². The summed E-state index contributed by atoms with van der Waals surface area (Å²) in [6, 6.07) is 7.96. The van der Waals surface area contributed by atoms with Crippen molar-refractivity contribution in [3.8, 4) is 16.9 Å². The molecule has 5 heteroatoms. The van der Waals surface area contributed by atoms with Gasteiger partial charge in [-0.3, -0.25) is 4.68 Å². The average molecular weight is 268 g/mol. The molecule has 1 heterocycles. The minimum atomic E-state index is 0. The van der Waals surface area contributed by atoms with Crippen molar-refractivity contribution in [1.82, 2.24) is 9.78 Å². The molecular weight excluding hydrogens is 250 g/mol. The number of nitrogens with zero attached hydrogens (tertiary/aromatic N) is 2. The Balaban J connectivity index is 0.00000162. The van der Waals surface area contributed by atoms with Gasteiger partial charge in [0.1, 0.15) is 5.75 Å². The number of aryl methyl sites for hydroxylation is 1. The molecule has 0 amide bonds. The van der Waals surface area contributed by atoms with Crippen molar-refractivity contribution >= 4 is 12.4 Å². The quantitative estimate of drug-likeness (QED) is 0.905. The summed E-state index contributed by atoms with van der Waals surface area (Å²) in [5.41, 5.74) is 7.69. The Morgan fingerprint density at radius 3 is 2.89 bits per heavy atom. The van der Waals surface area contributed by atoms with Crippen LogP contribution < -0.4 is 10.5 Å². The lowest BCUT2D eigenvalue weighted by Crippen LogP contribution is -2.05. The third kappa shape index (κ3) is 3.48. The van der Waals surface area contributed by atoms with Gasteiger partial charge in [0.25, 0.3) is 0 Å². The Hall–Kier alpha value is -1.52. The number of hydrogen-bond donors (Lipinski definition) is 1. The lowest BCUT2D eigenvalue weighted by Gasteiger charge is -2.02. The van der Waals surface area contributed by atoms with Crippen LogP contribution in [0.1, 0.15) is 6.42 Å². The molecule has 4 nitrogen and oxygen atoms in total. The molecule has 0 atom stereocenters. The van der Waals surface area contributed by atoms with Gasteiger partial charge >= 0.3 is 0 Å². The van der Waals surface area contributed by atoms with Crippen LogP contribution in [0.4, 0.5) is 0 Å². The van der Waals surface area contributed by atoms with Crippen molar-refractivity contribution in [3.63, 3.8) is 0 Å². The van der Waals surface area contributed by atoms with Crippen LogP contribution in [0.5, 0.6) is 5.75 Å². The van der Waals surface area contributed by atoms with Crippen molar-refractivity contribution in [2.24, 2.45) is 5.73 Å². The molecule has 0 unspecified atom stereocenters. The van der Waals surface area contributed by atoms with E-state index in [9.17, 15) is 0 Å². The predicted octanol–water partition coefficient (Wildman–Crippen LogP) is 2.33. The lowest BCUT2D eigenvalue weighted by atomic mass is 10.1. The van der Waals surface area contributed by atoms with E-state index in [2.05, 4.69) is 5.10 Å². The fourth-order valence-corrected chi connectivity index (χ4v) is 1.69. The summed E-state index contributed by atoms with van der Waals surface area (Å²) < 4.78 is 7.12. The smallest absolute Gasteiger partial charge is 0.119 e. The van der Waals surface area contributed by atoms with Crippen molar-refractivity contribution in [2.75, 3.05) is 13.7 Å². The summed E-state index contributed by atoms with van der Waals surface area (Å²) in [4.78, 5) is 0. The number of nitrogens with two attached hydrogens (primary N) is 1. The Morgan fingerprint density at radius 1 is 1.33 bits per heavy atom. The second kappa shape index (κ2) is 7.03. The molecule has 0 radical (unpaired) electrons. The fourth-order valence-electron chi connectivity index (χ4n) is 1.69. The summed E-state index contributed by atoms with van der Waals surface area (Å²) in [5.74, 6) is 0.859. The van der Waals surface area contributed by atoms with E-state index >= 15 is 0 Å². The Bertz CT molecular complexity index is 485. The van der Waals surface area contributed by atoms with Gasteiger partial charge in [-0.05, 0) is 30.7 Å². The molecule has 2 rings (SSSR count). The van der Waals surface area contributed by atoms with Gasteiger partial charge < -0.3 is 10.5 Å². The number of methoxy groups -OCH3 is 1. The Morgan fingerprint density at radius 2 is 2.17 bits per heavy atom. The second-order valence-corrected chi connectivity index (χ2v) is 3.87. The van der Waals surface area contributed by atoms with E-state index in [0.717, 1.165) is 29.8 Å². The molecule has 98 valence electrons. The minimum absolute atomic E-state index is 0. The molecule has 0 aliphatic carbocycles. The number of ether oxygens (including phenoxy) is 1. The zero-order valence-corrected chi connectivity index (χ0v) is 11.2. The normalized spacial score (nSPS) is 9.89. The van der Waals surface area contributed by atoms with Crippen LogP contribution in [0, 0.1) is 0 Å². The molecule has 0 fully saturated rings. The predicted molar refractivity (Wildman–Crippen MR) is 75.1 cm³/mol. The van der Waals surface area contributed by atoms with Crippen LogP contribution in [0.3, 0.4) is 0 Å². The molecule has 2 N–H and O–H groups in total. The van der Waals surface area contributed by atoms with E-state index in [1.54, 1.807) is 7.11 Å². The zero-order valence-electron chi connectivity index (χ0n) is 10.4. The van der Waals surface area contributed by atoms with Crippen LogP contribution in [0.25, 0.3) is 11.1 Å². The Kier molecular flexibility index (Phi) is 5.68. The van der Waals surface area contributed by atoms with Crippen molar-refractivity contribution in [1.29, 1.82) is 0 Å². The van der Waals surface area contributed by atoms with Crippen LogP contribution in [0.15, 0.2) is 36.7 Å². The molecule has 18 heavy (non-hydrogen) atoms. The van der Waals surface area contributed by atoms with Gasteiger partial charge in [-0.2, -0.15) is 5.10 Å². The highest BCUT2D eigenvalue weighted by molar-refractivity contribution is 5.85. The van der Waals surface area contributed by atoms with Crippen molar-refractivity contribution < 1.29 is 4.74 Å². The number of hydrogen-bond acceptors (Lipinski definition) is 3. The van der Waals surface area contributed by atoms with Crippen molar-refractivity contribution in [2.45, 2.75) is 13.0 Å². The number of benzene rings is 1. The second-order valence-electron chi connectivity index (χ2n) is 3.87. The fraction of sp³-hybridized carbons (Fsp3) is 0.308. The van der Waals surface area contributed by atoms with Gasteiger partial charge in [0.15, 0.2) is 0 Å². The van der Waals surface area contributed by atoms with Crippen LogP contribution in [-0.2, 0) is 6.54 Å². The topological polar surface area (TPSA) is 53.1 Å². The molecule has 0 saturated carbocycles. The Labute approximate surface area is 113 Å². The standard InChI is InChI=1S/C13H17N3O.ClH/c1-17-13-5-2-4-11(8-13)12-9-15-16(10-12)7-3-6-14;/h2,4-5,8-10H,3,6-7,14H2,1H3;1H. The third-order valence-electron chi connectivity index (χ3n) is 2.63. The van der Waals surface area contributed by atoms with Gasteiger partial charge in [-0.1, -0.05) is 12.1 Å². The number of rotatable bonds is 5. The monoisotopic (exact) mass is 267 g/mol. The molecule has 0 saturated heterocycles. The summed E-state index contributed by atoms with van der Waals surface area (Å²) in [5, 5.41) is 4.31. The molecule has 0 bridgehead atoms. The van der Waals surface area contributed by atoms with E-state index in [1.807, 2.05) is 41.3 Å². The first-order valence-corrected chi connectivity index (χ1v) is 5.70. The highest BCUT2D eigenvalue weighted by Gasteiger charge is 2.02.